The van der Waals surface area contributed by atoms with E-state index in [4.69, 9.17) is 4.74 Å². The number of nitrogens with zero attached hydrogens (tertiary/aromatic N) is 6. The van der Waals surface area contributed by atoms with Crippen LogP contribution in [0.1, 0.15) is 55.2 Å². The molecular weight excluding hydrogens is 521 g/mol. The monoisotopic (exact) mass is 554 g/mol. The van der Waals surface area contributed by atoms with Gasteiger partial charge < -0.3 is 4.74 Å². The van der Waals surface area contributed by atoms with Gasteiger partial charge in [-0.3, -0.25) is 13.9 Å². The van der Waals surface area contributed by atoms with Gasteiger partial charge in [-0.25, -0.2) is 9.37 Å². The summed E-state index contributed by atoms with van der Waals surface area (Å²) in [7, 11) is 1.91. The lowest BCUT2D eigenvalue weighted by molar-refractivity contribution is -0.478. The molecule has 1 radical (unpaired) electrons. The average molecular weight is 555 g/mol. The third kappa shape index (κ3) is 5.24. The molecule has 2 aromatic heterocycles. The zero-order chi connectivity index (χ0) is 28.0. The number of halogens is 3. The topological polar surface area (TPSA) is 66.6 Å². The summed E-state index contributed by atoms with van der Waals surface area (Å²) in [4.78, 5) is 15.7. The van der Waals surface area contributed by atoms with Crippen LogP contribution >= 0.6 is 0 Å². The molecule has 6 rings (SSSR count). The lowest BCUT2D eigenvalue weighted by Gasteiger charge is -2.31. The summed E-state index contributed by atoms with van der Waals surface area (Å²) >= 11 is 0. The summed E-state index contributed by atoms with van der Waals surface area (Å²) < 4.78 is 52.6. The molecule has 0 spiro atoms. The lowest BCUT2D eigenvalue weighted by atomic mass is 9.76. The average Bonchev–Trinajstić information content (AvgIpc) is 3.45. The van der Waals surface area contributed by atoms with Crippen molar-refractivity contribution in [2.45, 2.75) is 57.3 Å². The molecule has 40 heavy (non-hydrogen) atoms. The summed E-state index contributed by atoms with van der Waals surface area (Å²) in [6, 6.07) is 8.65. The molecule has 1 saturated carbocycles. The van der Waals surface area contributed by atoms with Gasteiger partial charge in [0.05, 0.1) is 47.6 Å². The Morgan fingerprint density at radius 2 is 2.02 bits per heavy atom. The van der Waals surface area contributed by atoms with Gasteiger partial charge in [0.1, 0.15) is 0 Å². The van der Waals surface area contributed by atoms with E-state index < -0.39 is 17.4 Å². The normalized spacial score (nSPS) is 21.6. The minimum absolute atomic E-state index is 0.00492. The number of likely N-dealkylation sites (N-methyl/N-ethyl adjacent to an activating group) is 1. The Labute approximate surface area is 230 Å². The maximum Gasteiger partial charge on any atom is 0.418 e. The van der Waals surface area contributed by atoms with Crippen LogP contribution in [0, 0.1) is 12.1 Å². The number of hydrogen-bond acceptors (Lipinski definition) is 5. The van der Waals surface area contributed by atoms with Crippen LogP contribution in [-0.2, 0) is 17.5 Å². The van der Waals surface area contributed by atoms with Gasteiger partial charge >= 0.3 is 24.4 Å². The van der Waals surface area contributed by atoms with E-state index in [1.54, 1.807) is 12.4 Å². The number of rotatable bonds is 7. The molecule has 0 unspecified atom stereocenters. The highest BCUT2D eigenvalue weighted by atomic mass is 19.4. The van der Waals surface area contributed by atoms with Crippen LogP contribution in [0.25, 0.3) is 11.2 Å². The van der Waals surface area contributed by atoms with E-state index in [0.717, 1.165) is 22.6 Å². The smallest absolute Gasteiger partial charge is 0.376 e. The second kappa shape index (κ2) is 10.6. The summed E-state index contributed by atoms with van der Waals surface area (Å²) in [5.74, 6) is 0.561. The van der Waals surface area contributed by atoms with Crippen LogP contribution in [0.2, 0.25) is 0 Å². The number of hydrogen-bond donors (Lipinski definition) is 0. The van der Waals surface area contributed by atoms with Gasteiger partial charge in [-0.15, -0.1) is 0 Å². The van der Waals surface area contributed by atoms with Crippen molar-refractivity contribution in [1.29, 1.82) is 0 Å². The Bertz CT molecular complexity index is 1520. The highest BCUT2D eigenvalue weighted by Crippen LogP contribution is 2.42. The van der Waals surface area contributed by atoms with Gasteiger partial charge in [-0.2, -0.15) is 13.2 Å². The van der Waals surface area contributed by atoms with Crippen molar-refractivity contribution in [3.8, 4) is 5.69 Å². The summed E-state index contributed by atoms with van der Waals surface area (Å²) in [5, 5.41) is 8.43. The number of aromatic nitrogens is 2. The van der Waals surface area contributed by atoms with Crippen LogP contribution in [0.15, 0.2) is 57.7 Å². The molecule has 0 bridgehead atoms. The molecule has 0 N–H and O–H groups in total. The first-order valence-electron chi connectivity index (χ1n) is 13.8. The Hall–Kier alpha value is -3.31. The second-order valence-electron chi connectivity index (χ2n) is 11.2. The van der Waals surface area contributed by atoms with Crippen molar-refractivity contribution in [1.82, 2.24) is 13.9 Å². The highest BCUT2D eigenvalue weighted by Gasteiger charge is 2.38. The molecule has 0 amide bonds. The first kappa shape index (κ1) is 26.9. The molecule has 2 atom stereocenters. The molecule has 1 aromatic carbocycles. The van der Waals surface area contributed by atoms with Crippen LogP contribution in [-0.4, -0.2) is 57.6 Å². The number of azo groups is 1. The molecule has 3 aliphatic rings. The number of imidazole rings is 1. The Morgan fingerprint density at radius 3 is 2.70 bits per heavy atom. The van der Waals surface area contributed by atoms with E-state index in [0.29, 0.717) is 43.4 Å². The van der Waals surface area contributed by atoms with Crippen molar-refractivity contribution >= 4 is 11.9 Å². The highest BCUT2D eigenvalue weighted by molar-refractivity contribution is 5.58. The maximum absolute atomic E-state index is 14.2. The number of alkyl halides is 3. The fraction of sp³-hybridized carbons (Fsp3) is 0.483. The molecule has 2 fully saturated rings. The number of ether oxygens (including phenoxy) is 1. The molecule has 1 saturated heterocycles. The van der Waals surface area contributed by atoms with Gasteiger partial charge in [-0.1, -0.05) is 31.4 Å². The Kier molecular flexibility index (Phi) is 7.12. The third-order valence-corrected chi connectivity index (χ3v) is 8.26. The Morgan fingerprint density at radius 1 is 1.20 bits per heavy atom. The SMILES string of the molecule is C[C@@H]1CN(Cc2cc(C(F)(F)F)c3cn(-c4cccc([C@H](CC5CCC5)[C]5N=NC=[N+]5C)c4)c(=O)n3c2)CCO1. The van der Waals surface area contributed by atoms with Crippen LogP contribution in [0.5, 0.6) is 0 Å². The molecule has 1 aliphatic carbocycles. The second-order valence-corrected chi connectivity index (χ2v) is 11.2. The van der Waals surface area contributed by atoms with Crippen molar-refractivity contribution in [3.05, 3.63) is 76.1 Å². The molecule has 4 heterocycles. The van der Waals surface area contributed by atoms with Gasteiger partial charge in [0.15, 0.2) is 0 Å². The minimum atomic E-state index is -4.61. The van der Waals surface area contributed by atoms with Crippen molar-refractivity contribution in [2.75, 3.05) is 26.7 Å². The fourth-order valence-electron chi connectivity index (χ4n) is 5.99. The van der Waals surface area contributed by atoms with E-state index in [1.165, 1.54) is 42.3 Å². The number of benzene rings is 1. The van der Waals surface area contributed by atoms with E-state index in [-0.39, 0.29) is 17.5 Å². The van der Waals surface area contributed by atoms with Gasteiger partial charge in [0.2, 0.25) is 0 Å². The predicted octanol–water partition coefficient (Wildman–Crippen LogP) is 5.23. The van der Waals surface area contributed by atoms with E-state index in [1.807, 2.05) is 36.7 Å². The quantitative estimate of drug-likeness (QED) is 0.376. The van der Waals surface area contributed by atoms with Gasteiger partial charge in [0, 0.05) is 32.0 Å². The zero-order valence-corrected chi connectivity index (χ0v) is 22.6. The lowest BCUT2D eigenvalue weighted by Crippen LogP contribution is -2.40. The molecule has 11 heteroatoms. The van der Waals surface area contributed by atoms with Gasteiger partial charge in [0.25, 0.3) is 0 Å². The number of fused-ring (bicyclic) bond motifs is 1. The number of pyridine rings is 1. The number of morpholine rings is 1. The zero-order valence-electron chi connectivity index (χ0n) is 22.6. The maximum atomic E-state index is 14.2. The fourth-order valence-corrected chi connectivity index (χ4v) is 5.99. The molecule has 211 valence electrons. The molecular formula is C29H33F3N6O2+. The summed E-state index contributed by atoms with van der Waals surface area (Å²) in [5.41, 5.74) is 0.389. The molecule has 3 aromatic rings. The standard InChI is InChI=1S/C29H33F3N6O2/c1-19-14-36(9-10-40-19)15-21-12-25(29(30,31)32)26-17-37(28(39)38(26)16-21)23-8-4-7-22(13-23)24(11-20-5-3-6-20)27-34-33-18-35(27)2/h4,7-8,12-13,16-20,24H,3,5-6,9-11,14-15H2,1-2H3/q+1/t19-,24+/m1/s1. The first-order chi connectivity index (χ1) is 19.2. The summed E-state index contributed by atoms with van der Waals surface area (Å²) in [6.45, 7) is 4.02. The minimum Gasteiger partial charge on any atom is -0.376 e. The first-order valence-corrected chi connectivity index (χ1v) is 13.8. The van der Waals surface area contributed by atoms with Gasteiger partial charge in [-0.05, 0) is 53.7 Å². The van der Waals surface area contributed by atoms with Crippen LogP contribution < -0.4 is 5.69 Å². The van der Waals surface area contributed by atoms with E-state index >= 15 is 0 Å². The van der Waals surface area contributed by atoms with Crippen molar-refractivity contribution in [3.63, 3.8) is 0 Å². The predicted molar refractivity (Wildman–Crippen MR) is 144 cm³/mol. The van der Waals surface area contributed by atoms with Crippen LogP contribution in [0.3, 0.4) is 0 Å². The third-order valence-electron chi connectivity index (χ3n) is 8.26. The van der Waals surface area contributed by atoms with Crippen LogP contribution in [0.4, 0.5) is 13.2 Å². The van der Waals surface area contributed by atoms with E-state index in [2.05, 4.69) is 15.1 Å². The van der Waals surface area contributed by atoms with Crippen molar-refractivity contribution < 1.29 is 22.5 Å². The van der Waals surface area contributed by atoms with E-state index in [9.17, 15) is 18.0 Å². The molecule has 8 nitrogen and oxygen atoms in total. The Balaban J connectivity index is 1.39. The molecule has 2 aliphatic heterocycles. The summed E-state index contributed by atoms with van der Waals surface area (Å²) in [6.07, 6.45) is 5.20. The van der Waals surface area contributed by atoms with Crippen molar-refractivity contribution in [2.24, 2.45) is 16.1 Å². The largest absolute Gasteiger partial charge is 0.418 e.